The molecule has 0 bridgehead atoms. The second-order valence-corrected chi connectivity index (χ2v) is 2.96. The highest BCUT2D eigenvalue weighted by molar-refractivity contribution is 5.37. The summed E-state index contributed by atoms with van der Waals surface area (Å²) in [6.45, 7) is -0.0265. The standard InChI is InChI=1S/C9H12F2N2O2/c1-15-5-7(4-14)13-9-8(11)2-6(10)3-12-9/h2-3,7,14H,4-5H2,1H3,(H,12,13). The Bertz CT molecular complexity index is 323. The number of hydrogen-bond donors (Lipinski definition) is 2. The molecule has 2 N–H and O–H groups in total. The monoisotopic (exact) mass is 218 g/mol. The van der Waals surface area contributed by atoms with E-state index >= 15 is 0 Å². The number of rotatable bonds is 5. The highest BCUT2D eigenvalue weighted by Crippen LogP contribution is 2.12. The number of halogens is 2. The zero-order valence-corrected chi connectivity index (χ0v) is 8.20. The van der Waals surface area contributed by atoms with Gasteiger partial charge in [0.25, 0.3) is 0 Å². The van der Waals surface area contributed by atoms with Gasteiger partial charge in [0.2, 0.25) is 0 Å². The van der Waals surface area contributed by atoms with Crippen LogP contribution in [0.4, 0.5) is 14.6 Å². The van der Waals surface area contributed by atoms with Crippen molar-refractivity contribution in [3.63, 3.8) is 0 Å². The first-order valence-electron chi connectivity index (χ1n) is 4.34. The zero-order valence-electron chi connectivity index (χ0n) is 8.20. The van der Waals surface area contributed by atoms with Gasteiger partial charge in [-0.15, -0.1) is 0 Å². The number of aromatic nitrogens is 1. The number of nitrogens with one attached hydrogen (secondary N) is 1. The van der Waals surface area contributed by atoms with Gasteiger partial charge >= 0.3 is 0 Å². The second-order valence-electron chi connectivity index (χ2n) is 2.96. The minimum Gasteiger partial charge on any atom is -0.394 e. The smallest absolute Gasteiger partial charge is 0.168 e. The first-order valence-corrected chi connectivity index (χ1v) is 4.34. The third-order valence-electron chi connectivity index (χ3n) is 1.74. The van der Waals surface area contributed by atoms with Gasteiger partial charge in [-0.05, 0) is 0 Å². The van der Waals surface area contributed by atoms with Crippen LogP contribution in [0.25, 0.3) is 0 Å². The van der Waals surface area contributed by atoms with Gasteiger partial charge in [-0.3, -0.25) is 0 Å². The van der Waals surface area contributed by atoms with Crippen molar-refractivity contribution in [2.24, 2.45) is 0 Å². The Hall–Kier alpha value is -1.27. The fourth-order valence-corrected chi connectivity index (χ4v) is 1.06. The molecule has 0 aromatic carbocycles. The summed E-state index contributed by atoms with van der Waals surface area (Å²) in [6, 6.07) is 0.249. The third kappa shape index (κ3) is 3.41. The largest absolute Gasteiger partial charge is 0.394 e. The summed E-state index contributed by atoms with van der Waals surface area (Å²) in [6.07, 6.45) is 0.895. The molecule has 4 nitrogen and oxygen atoms in total. The van der Waals surface area contributed by atoms with E-state index in [9.17, 15) is 8.78 Å². The predicted molar refractivity (Wildman–Crippen MR) is 50.5 cm³/mol. The molecular formula is C9H12F2N2O2. The Balaban J connectivity index is 2.70. The molecule has 0 aliphatic heterocycles. The molecule has 1 atom stereocenters. The van der Waals surface area contributed by atoms with Crippen LogP contribution in [0.1, 0.15) is 0 Å². The summed E-state index contributed by atoms with van der Waals surface area (Å²) in [5.41, 5.74) is 0. The number of ether oxygens (including phenoxy) is 1. The van der Waals surface area contributed by atoms with Crippen LogP contribution in [-0.4, -0.2) is 36.5 Å². The first kappa shape index (κ1) is 11.8. The lowest BCUT2D eigenvalue weighted by Crippen LogP contribution is -2.29. The van der Waals surface area contributed by atoms with Gasteiger partial charge in [-0.25, -0.2) is 13.8 Å². The highest BCUT2D eigenvalue weighted by Gasteiger charge is 2.11. The van der Waals surface area contributed by atoms with Crippen LogP contribution in [0.2, 0.25) is 0 Å². The van der Waals surface area contributed by atoms with E-state index in [1.165, 1.54) is 7.11 Å². The van der Waals surface area contributed by atoms with Crippen LogP contribution in [-0.2, 0) is 4.74 Å². The third-order valence-corrected chi connectivity index (χ3v) is 1.74. The van der Waals surface area contributed by atoms with E-state index in [-0.39, 0.29) is 19.0 Å². The molecule has 0 amide bonds. The Morgan fingerprint density at radius 2 is 2.33 bits per heavy atom. The van der Waals surface area contributed by atoms with Gasteiger partial charge in [-0.1, -0.05) is 0 Å². The average molecular weight is 218 g/mol. The molecular weight excluding hydrogens is 206 g/mol. The minimum atomic E-state index is -0.801. The van der Waals surface area contributed by atoms with Gasteiger partial charge in [0, 0.05) is 13.2 Å². The SMILES string of the molecule is COCC(CO)Nc1ncc(F)cc1F. The maximum absolute atomic E-state index is 13.1. The molecule has 0 spiro atoms. The summed E-state index contributed by atoms with van der Waals surface area (Å²) < 4.78 is 30.4. The number of methoxy groups -OCH3 is 1. The molecule has 0 saturated heterocycles. The van der Waals surface area contributed by atoms with Crippen LogP contribution in [0.5, 0.6) is 0 Å². The summed E-state index contributed by atoms with van der Waals surface area (Å²) >= 11 is 0. The van der Waals surface area contributed by atoms with Crippen molar-refractivity contribution >= 4 is 5.82 Å². The molecule has 1 aromatic rings. The van der Waals surface area contributed by atoms with Gasteiger partial charge in [0.05, 0.1) is 25.5 Å². The van der Waals surface area contributed by atoms with Gasteiger partial charge in [0.1, 0.15) is 5.82 Å². The van der Waals surface area contributed by atoms with Crippen LogP contribution < -0.4 is 5.32 Å². The van der Waals surface area contributed by atoms with Gasteiger partial charge in [-0.2, -0.15) is 0 Å². The normalized spacial score (nSPS) is 12.5. The number of aliphatic hydroxyl groups is 1. The van der Waals surface area contributed by atoms with Crippen molar-refractivity contribution in [1.82, 2.24) is 4.98 Å². The van der Waals surface area contributed by atoms with Crippen molar-refractivity contribution in [3.8, 4) is 0 Å². The number of aliphatic hydroxyl groups excluding tert-OH is 1. The maximum Gasteiger partial charge on any atom is 0.168 e. The molecule has 6 heteroatoms. The maximum atomic E-state index is 13.1. The molecule has 84 valence electrons. The van der Waals surface area contributed by atoms with E-state index in [0.717, 1.165) is 12.3 Å². The fraction of sp³-hybridized carbons (Fsp3) is 0.444. The molecule has 0 saturated carbocycles. The van der Waals surface area contributed by atoms with E-state index in [0.29, 0.717) is 0 Å². The lowest BCUT2D eigenvalue weighted by Gasteiger charge is -2.15. The number of hydrogen-bond acceptors (Lipinski definition) is 4. The van der Waals surface area contributed by atoms with Crippen molar-refractivity contribution in [2.45, 2.75) is 6.04 Å². The Morgan fingerprint density at radius 3 is 2.87 bits per heavy atom. The van der Waals surface area contributed by atoms with Crippen molar-refractivity contribution in [1.29, 1.82) is 0 Å². The quantitative estimate of drug-likeness (QED) is 0.766. The second kappa shape index (κ2) is 5.57. The fourth-order valence-electron chi connectivity index (χ4n) is 1.06. The molecule has 0 radical (unpaired) electrons. The lowest BCUT2D eigenvalue weighted by molar-refractivity contribution is 0.153. The number of nitrogens with zero attached hydrogens (tertiary/aromatic N) is 1. The van der Waals surface area contributed by atoms with E-state index in [1.54, 1.807) is 0 Å². The molecule has 0 aliphatic carbocycles. The Kier molecular flexibility index (Phi) is 4.38. The molecule has 1 aromatic heterocycles. The minimum absolute atomic E-state index is 0.104. The van der Waals surface area contributed by atoms with Gasteiger partial charge < -0.3 is 15.2 Å². The Morgan fingerprint density at radius 1 is 1.60 bits per heavy atom. The van der Waals surface area contributed by atoms with Crippen LogP contribution in [0, 0.1) is 11.6 Å². The molecule has 0 aliphatic rings. The highest BCUT2D eigenvalue weighted by atomic mass is 19.1. The van der Waals surface area contributed by atoms with E-state index in [2.05, 4.69) is 10.3 Å². The first-order chi connectivity index (χ1) is 7.17. The zero-order chi connectivity index (χ0) is 11.3. The molecule has 1 unspecified atom stereocenters. The summed E-state index contributed by atoms with van der Waals surface area (Å²) in [4.78, 5) is 3.52. The molecule has 1 rings (SSSR count). The van der Waals surface area contributed by atoms with Crippen molar-refractivity contribution in [2.75, 3.05) is 25.6 Å². The summed E-state index contributed by atoms with van der Waals surface area (Å²) in [5.74, 6) is -1.65. The average Bonchev–Trinajstić information content (AvgIpc) is 2.21. The molecule has 15 heavy (non-hydrogen) atoms. The van der Waals surface area contributed by atoms with E-state index in [4.69, 9.17) is 9.84 Å². The number of pyridine rings is 1. The van der Waals surface area contributed by atoms with E-state index in [1.807, 2.05) is 0 Å². The van der Waals surface area contributed by atoms with Crippen LogP contribution in [0.15, 0.2) is 12.3 Å². The van der Waals surface area contributed by atoms with Crippen LogP contribution >= 0.6 is 0 Å². The number of anilines is 1. The van der Waals surface area contributed by atoms with Crippen molar-refractivity contribution < 1.29 is 18.6 Å². The molecule has 1 heterocycles. The summed E-state index contributed by atoms with van der Waals surface area (Å²) in [7, 11) is 1.46. The summed E-state index contributed by atoms with van der Waals surface area (Å²) in [5, 5.41) is 11.5. The van der Waals surface area contributed by atoms with E-state index < -0.39 is 17.7 Å². The lowest BCUT2D eigenvalue weighted by atomic mass is 10.3. The Labute approximate surface area is 85.9 Å². The van der Waals surface area contributed by atoms with Gasteiger partial charge in [0.15, 0.2) is 11.6 Å². The van der Waals surface area contributed by atoms with Crippen molar-refractivity contribution in [3.05, 3.63) is 23.9 Å². The molecule has 0 fully saturated rings. The van der Waals surface area contributed by atoms with Crippen LogP contribution in [0.3, 0.4) is 0 Å². The topological polar surface area (TPSA) is 54.4 Å². The predicted octanol–water partition coefficient (Wildman–Crippen LogP) is 0.779.